The van der Waals surface area contributed by atoms with Gasteiger partial charge in [-0.05, 0) is 57.9 Å². The van der Waals surface area contributed by atoms with E-state index in [1.54, 1.807) is 0 Å². The maximum Gasteiger partial charge on any atom is 0.0466 e. The average molecular weight is 277 g/mol. The second-order valence-corrected chi connectivity index (χ2v) is 7.70. The van der Waals surface area contributed by atoms with Crippen molar-refractivity contribution in [2.75, 3.05) is 12.3 Å². The molecular weight excluding hydrogens is 250 g/mol. The Morgan fingerprint density at radius 3 is 2.47 bits per heavy atom. The Bertz CT molecular complexity index is 401. The second-order valence-electron chi connectivity index (χ2n) is 6.07. The molecule has 1 saturated heterocycles. The monoisotopic (exact) mass is 277 g/mol. The van der Waals surface area contributed by atoms with E-state index < -0.39 is 0 Å². The smallest absolute Gasteiger partial charge is 0.0466 e. The van der Waals surface area contributed by atoms with Crippen molar-refractivity contribution in [3.8, 4) is 0 Å². The highest BCUT2D eigenvalue weighted by Crippen LogP contribution is 2.46. The molecule has 1 nitrogen and oxygen atoms in total. The molecule has 0 bridgehead atoms. The van der Waals surface area contributed by atoms with Crippen LogP contribution in [0.1, 0.15) is 55.8 Å². The van der Waals surface area contributed by atoms with Crippen LogP contribution in [0.3, 0.4) is 0 Å². The Kier molecular flexibility index (Phi) is 4.97. The predicted octanol–water partition coefficient (Wildman–Crippen LogP) is 4.63. The van der Waals surface area contributed by atoms with Gasteiger partial charge in [-0.2, -0.15) is 11.8 Å². The van der Waals surface area contributed by atoms with Gasteiger partial charge in [-0.3, -0.25) is 0 Å². The fourth-order valence-corrected chi connectivity index (χ4v) is 4.61. The summed E-state index contributed by atoms with van der Waals surface area (Å²) in [4.78, 5) is 0. The van der Waals surface area contributed by atoms with Crippen LogP contribution in [-0.2, 0) is 0 Å². The van der Waals surface area contributed by atoms with Crippen LogP contribution in [0.25, 0.3) is 0 Å². The molecule has 0 aromatic heterocycles. The summed E-state index contributed by atoms with van der Waals surface area (Å²) in [6, 6.07) is 7.48. The van der Waals surface area contributed by atoms with E-state index >= 15 is 0 Å². The number of hydrogen-bond acceptors (Lipinski definition) is 2. The van der Waals surface area contributed by atoms with E-state index in [0.29, 0.717) is 10.8 Å². The molecule has 1 aromatic carbocycles. The number of aryl methyl sites for hydroxylation is 2. The summed E-state index contributed by atoms with van der Waals surface area (Å²) < 4.78 is 0.357. The van der Waals surface area contributed by atoms with Crippen molar-refractivity contribution in [2.24, 2.45) is 0 Å². The lowest BCUT2D eigenvalue weighted by Crippen LogP contribution is -2.38. The third-order valence-corrected chi connectivity index (χ3v) is 5.63. The van der Waals surface area contributed by atoms with Crippen LogP contribution >= 0.6 is 11.8 Å². The SMILES string of the molecule is CCCNC(c1cc(C)cc(C)c1)C1(C)CCCS1. The first-order valence-electron chi connectivity index (χ1n) is 7.51. The molecule has 1 N–H and O–H groups in total. The van der Waals surface area contributed by atoms with Crippen molar-refractivity contribution in [1.29, 1.82) is 0 Å². The fourth-order valence-electron chi connectivity index (χ4n) is 3.18. The summed E-state index contributed by atoms with van der Waals surface area (Å²) in [5, 5.41) is 3.80. The van der Waals surface area contributed by atoms with Crippen LogP contribution in [0.2, 0.25) is 0 Å². The number of rotatable bonds is 5. The average Bonchev–Trinajstić information content (AvgIpc) is 2.76. The predicted molar refractivity (Wildman–Crippen MR) is 87.0 cm³/mol. The molecule has 0 aliphatic carbocycles. The third-order valence-electron chi connectivity index (χ3n) is 4.04. The Morgan fingerprint density at radius 2 is 1.95 bits per heavy atom. The summed E-state index contributed by atoms with van der Waals surface area (Å²) in [6.07, 6.45) is 3.88. The Balaban J connectivity index is 2.30. The van der Waals surface area contributed by atoms with E-state index in [4.69, 9.17) is 0 Å². The van der Waals surface area contributed by atoms with Gasteiger partial charge in [0.2, 0.25) is 0 Å². The van der Waals surface area contributed by atoms with Crippen molar-refractivity contribution in [3.63, 3.8) is 0 Å². The molecule has 0 saturated carbocycles. The quantitative estimate of drug-likeness (QED) is 0.842. The number of nitrogens with one attached hydrogen (secondary N) is 1. The van der Waals surface area contributed by atoms with Crippen LogP contribution in [0.15, 0.2) is 18.2 Å². The van der Waals surface area contributed by atoms with E-state index in [1.165, 1.54) is 41.7 Å². The Hall–Kier alpha value is -0.470. The summed E-state index contributed by atoms with van der Waals surface area (Å²) >= 11 is 2.15. The minimum absolute atomic E-state index is 0.357. The molecule has 1 fully saturated rings. The van der Waals surface area contributed by atoms with Crippen LogP contribution < -0.4 is 5.32 Å². The summed E-state index contributed by atoms with van der Waals surface area (Å²) in [6.45, 7) is 10.2. The molecule has 0 radical (unpaired) electrons. The third kappa shape index (κ3) is 3.55. The Labute approximate surface area is 122 Å². The van der Waals surface area contributed by atoms with E-state index in [9.17, 15) is 0 Å². The molecule has 1 heterocycles. The van der Waals surface area contributed by atoms with Gasteiger partial charge in [0.25, 0.3) is 0 Å². The standard InChI is InChI=1S/C17H27NS/c1-5-8-18-16(17(4)7-6-9-19-17)15-11-13(2)10-14(3)12-15/h10-12,16,18H,5-9H2,1-4H3. The lowest BCUT2D eigenvalue weighted by Gasteiger charge is -2.35. The zero-order valence-electron chi connectivity index (χ0n) is 12.8. The molecule has 1 aliphatic rings. The van der Waals surface area contributed by atoms with E-state index in [2.05, 4.69) is 63.0 Å². The van der Waals surface area contributed by atoms with Crippen molar-refractivity contribution in [3.05, 3.63) is 34.9 Å². The van der Waals surface area contributed by atoms with E-state index in [1.807, 2.05) is 0 Å². The topological polar surface area (TPSA) is 12.0 Å². The van der Waals surface area contributed by atoms with Crippen molar-refractivity contribution < 1.29 is 0 Å². The van der Waals surface area contributed by atoms with Gasteiger partial charge in [0, 0.05) is 10.8 Å². The zero-order valence-corrected chi connectivity index (χ0v) is 13.6. The first-order chi connectivity index (χ1) is 9.05. The van der Waals surface area contributed by atoms with Crippen LogP contribution in [-0.4, -0.2) is 17.0 Å². The van der Waals surface area contributed by atoms with E-state index in [0.717, 1.165) is 6.54 Å². The molecule has 2 heteroatoms. The van der Waals surface area contributed by atoms with Gasteiger partial charge >= 0.3 is 0 Å². The lowest BCUT2D eigenvalue weighted by molar-refractivity contribution is 0.413. The van der Waals surface area contributed by atoms with Gasteiger partial charge in [-0.15, -0.1) is 0 Å². The molecule has 19 heavy (non-hydrogen) atoms. The summed E-state index contributed by atoms with van der Waals surface area (Å²) in [7, 11) is 0. The van der Waals surface area contributed by atoms with Gasteiger partial charge in [-0.25, -0.2) is 0 Å². The molecule has 2 unspecified atom stereocenters. The largest absolute Gasteiger partial charge is 0.309 e. The maximum absolute atomic E-state index is 3.80. The minimum Gasteiger partial charge on any atom is -0.309 e. The highest BCUT2D eigenvalue weighted by atomic mass is 32.2. The zero-order chi connectivity index (χ0) is 13.9. The van der Waals surface area contributed by atoms with Gasteiger partial charge in [-0.1, -0.05) is 36.2 Å². The summed E-state index contributed by atoms with van der Waals surface area (Å²) in [5.41, 5.74) is 4.23. The van der Waals surface area contributed by atoms with Crippen LogP contribution in [0.5, 0.6) is 0 Å². The lowest BCUT2D eigenvalue weighted by atomic mass is 9.88. The molecule has 1 aliphatic heterocycles. The molecule has 106 valence electrons. The second kappa shape index (κ2) is 6.32. The number of hydrogen-bond donors (Lipinski definition) is 1. The van der Waals surface area contributed by atoms with Crippen molar-refractivity contribution in [1.82, 2.24) is 5.32 Å². The minimum atomic E-state index is 0.357. The number of benzene rings is 1. The van der Waals surface area contributed by atoms with E-state index in [-0.39, 0.29) is 0 Å². The normalized spacial score (nSPS) is 24.6. The van der Waals surface area contributed by atoms with Crippen molar-refractivity contribution >= 4 is 11.8 Å². The number of thioether (sulfide) groups is 1. The van der Waals surface area contributed by atoms with Crippen LogP contribution in [0, 0.1) is 13.8 Å². The fraction of sp³-hybridized carbons (Fsp3) is 0.647. The molecule has 0 amide bonds. The van der Waals surface area contributed by atoms with Crippen molar-refractivity contribution in [2.45, 2.75) is 57.7 Å². The highest BCUT2D eigenvalue weighted by molar-refractivity contribution is 8.00. The molecule has 1 aromatic rings. The first-order valence-corrected chi connectivity index (χ1v) is 8.49. The molecule has 2 rings (SSSR count). The molecular formula is C17H27NS. The maximum atomic E-state index is 3.80. The molecule has 0 spiro atoms. The highest BCUT2D eigenvalue weighted by Gasteiger charge is 2.38. The van der Waals surface area contributed by atoms with Gasteiger partial charge in [0.15, 0.2) is 0 Å². The van der Waals surface area contributed by atoms with Crippen LogP contribution in [0.4, 0.5) is 0 Å². The van der Waals surface area contributed by atoms with Gasteiger partial charge < -0.3 is 5.32 Å². The summed E-state index contributed by atoms with van der Waals surface area (Å²) in [5.74, 6) is 1.31. The first kappa shape index (κ1) is 14.9. The van der Waals surface area contributed by atoms with Gasteiger partial charge in [0.1, 0.15) is 0 Å². The molecule has 2 atom stereocenters. The van der Waals surface area contributed by atoms with Gasteiger partial charge in [0.05, 0.1) is 0 Å². The Morgan fingerprint density at radius 1 is 1.26 bits per heavy atom.